The molecule has 0 aliphatic carbocycles. The van der Waals surface area contributed by atoms with Gasteiger partial charge >= 0.3 is 0 Å². The lowest BCUT2D eigenvalue weighted by Gasteiger charge is -2.25. The van der Waals surface area contributed by atoms with Gasteiger partial charge in [-0.05, 0) is 18.9 Å². The van der Waals surface area contributed by atoms with Gasteiger partial charge in [0.15, 0.2) is 0 Å². The monoisotopic (exact) mass is 313 g/mol. The van der Waals surface area contributed by atoms with E-state index in [2.05, 4.69) is 10.6 Å². The zero-order chi connectivity index (χ0) is 15.4. The van der Waals surface area contributed by atoms with Crippen LogP contribution in [0.25, 0.3) is 0 Å². The molecule has 2 rings (SSSR count). The summed E-state index contributed by atoms with van der Waals surface area (Å²) in [5.41, 5.74) is 0.579. The Morgan fingerprint density at radius 2 is 2.10 bits per heavy atom. The fraction of sp³-hybridized carbons (Fsp3) is 0.462. The molecule has 0 spiro atoms. The fourth-order valence-electron chi connectivity index (χ4n) is 2.19. The van der Waals surface area contributed by atoms with Crippen molar-refractivity contribution in [2.45, 2.75) is 25.8 Å². The molecule has 0 bridgehead atoms. The smallest absolute Gasteiger partial charge is 0.290 e. The number of halogens is 1. The molecule has 1 aromatic rings. The SMILES string of the molecule is CC(=O)Nc1c(NC2CCOCC2)ccc([N+](=O)[O-])c1Cl. The standard InChI is InChI=1S/C13H16ClN3O4/c1-8(18)15-13-10(16-9-4-6-21-7-5-9)2-3-11(12(13)14)17(19)20/h2-3,9,16H,4-7H2,1H3,(H,15,18). The van der Waals surface area contributed by atoms with Gasteiger partial charge in [-0.15, -0.1) is 0 Å². The Balaban J connectivity index is 2.32. The Kier molecular flexibility index (Phi) is 4.98. The van der Waals surface area contributed by atoms with Crippen LogP contribution in [0.2, 0.25) is 5.02 Å². The maximum Gasteiger partial charge on any atom is 0.290 e. The van der Waals surface area contributed by atoms with Gasteiger partial charge in [-0.25, -0.2) is 0 Å². The predicted octanol–water partition coefficient (Wildman–Crippen LogP) is 2.80. The van der Waals surface area contributed by atoms with Crippen LogP contribution in [0, 0.1) is 10.1 Å². The van der Waals surface area contributed by atoms with Crippen LogP contribution in [0.15, 0.2) is 12.1 Å². The molecule has 1 fully saturated rings. The van der Waals surface area contributed by atoms with Gasteiger partial charge < -0.3 is 15.4 Å². The van der Waals surface area contributed by atoms with Crippen molar-refractivity contribution < 1.29 is 14.5 Å². The first-order chi connectivity index (χ1) is 9.99. The van der Waals surface area contributed by atoms with Crippen molar-refractivity contribution >= 4 is 34.6 Å². The zero-order valence-electron chi connectivity index (χ0n) is 11.5. The molecule has 0 aromatic heterocycles. The number of nitrogens with one attached hydrogen (secondary N) is 2. The second kappa shape index (κ2) is 6.73. The topological polar surface area (TPSA) is 93.5 Å². The van der Waals surface area contributed by atoms with E-state index in [1.165, 1.54) is 13.0 Å². The highest BCUT2D eigenvalue weighted by Crippen LogP contribution is 2.38. The van der Waals surface area contributed by atoms with E-state index in [-0.39, 0.29) is 28.3 Å². The van der Waals surface area contributed by atoms with E-state index in [0.29, 0.717) is 18.9 Å². The summed E-state index contributed by atoms with van der Waals surface area (Å²) < 4.78 is 5.28. The number of hydrogen-bond acceptors (Lipinski definition) is 5. The van der Waals surface area contributed by atoms with Crippen molar-refractivity contribution in [3.05, 3.63) is 27.3 Å². The quantitative estimate of drug-likeness (QED) is 0.658. The van der Waals surface area contributed by atoms with Gasteiger partial charge in [-0.1, -0.05) is 11.6 Å². The molecule has 0 unspecified atom stereocenters. The van der Waals surface area contributed by atoms with Crippen LogP contribution in [0.5, 0.6) is 0 Å². The molecule has 1 heterocycles. The van der Waals surface area contributed by atoms with E-state index >= 15 is 0 Å². The van der Waals surface area contributed by atoms with Gasteiger partial charge in [0.1, 0.15) is 5.02 Å². The molecular formula is C13H16ClN3O4. The number of nitrogens with zero attached hydrogens (tertiary/aromatic N) is 1. The molecule has 1 aromatic carbocycles. The maximum atomic E-state index is 11.3. The summed E-state index contributed by atoms with van der Waals surface area (Å²) in [6, 6.07) is 3.07. The number of nitro benzene ring substituents is 1. The van der Waals surface area contributed by atoms with Gasteiger partial charge in [-0.3, -0.25) is 14.9 Å². The molecule has 8 heteroatoms. The number of carbonyl (C=O) groups is 1. The van der Waals surface area contributed by atoms with Gasteiger partial charge in [0.2, 0.25) is 5.91 Å². The Bertz CT molecular complexity index is 559. The van der Waals surface area contributed by atoms with Crippen LogP contribution in [0.4, 0.5) is 17.1 Å². The maximum absolute atomic E-state index is 11.3. The number of anilines is 2. The van der Waals surface area contributed by atoms with Crippen molar-refractivity contribution in [3.63, 3.8) is 0 Å². The lowest BCUT2D eigenvalue weighted by Crippen LogP contribution is -2.28. The second-order valence-electron chi connectivity index (χ2n) is 4.79. The molecule has 0 radical (unpaired) electrons. The third-order valence-corrected chi connectivity index (χ3v) is 3.58. The third-order valence-electron chi connectivity index (χ3n) is 3.20. The van der Waals surface area contributed by atoms with Crippen LogP contribution in [0.1, 0.15) is 19.8 Å². The average Bonchev–Trinajstić information content (AvgIpc) is 2.43. The van der Waals surface area contributed by atoms with Crippen LogP contribution in [-0.4, -0.2) is 30.1 Å². The van der Waals surface area contributed by atoms with Crippen molar-refractivity contribution in [2.24, 2.45) is 0 Å². The summed E-state index contributed by atoms with van der Waals surface area (Å²) >= 11 is 6.05. The van der Waals surface area contributed by atoms with E-state index < -0.39 is 4.92 Å². The normalized spacial score (nSPS) is 15.5. The summed E-state index contributed by atoms with van der Waals surface area (Å²) in [6.45, 7) is 2.65. The van der Waals surface area contributed by atoms with E-state index in [1.54, 1.807) is 6.07 Å². The number of rotatable bonds is 4. The summed E-state index contributed by atoms with van der Waals surface area (Å²) in [6.07, 6.45) is 1.65. The molecule has 1 amide bonds. The first-order valence-corrected chi connectivity index (χ1v) is 6.95. The van der Waals surface area contributed by atoms with Crippen LogP contribution >= 0.6 is 11.6 Å². The number of nitro groups is 1. The van der Waals surface area contributed by atoms with E-state index in [1.807, 2.05) is 0 Å². The first kappa shape index (κ1) is 15.5. The van der Waals surface area contributed by atoms with E-state index in [9.17, 15) is 14.9 Å². The summed E-state index contributed by atoms with van der Waals surface area (Å²) in [4.78, 5) is 21.7. The molecule has 1 aliphatic heterocycles. The molecule has 2 N–H and O–H groups in total. The van der Waals surface area contributed by atoms with Crippen LogP contribution in [-0.2, 0) is 9.53 Å². The Morgan fingerprint density at radius 1 is 1.43 bits per heavy atom. The van der Waals surface area contributed by atoms with Crippen LogP contribution < -0.4 is 10.6 Å². The minimum Gasteiger partial charge on any atom is -0.381 e. The largest absolute Gasteiger partial charge is 0.381 e. The summed E-state index contributed by atoms with van der Waals surface area (Å²) in [5.74, 6) is -0.340. The van der Waals surface area contributed by atoms with Gasteiger partial charge in [0.25, 0.3) is 5.69 Å². The van der Waals surface area contributed by atoms with Crippen molar-refractivity contribution in [1.82, 2.24) is 0 Å². The summed E-state index contributed by atoms with van der Waals surface area (Å²) in [5, 5.41) is 16.7. The lowest BCUT2D eigenvalue weighted by atomic mass is 10.1. The van der Waals surface area contributed by atoms with Crippen molar-refractivity contribution in [3.8, 4) is 0 Å². The number of ether oxygens (including phenoxy) is 1. The average molecular weight is 314 g/mol. The molecule has 114 valence electrons. The van der Waals surface area contributed by atoms with E-state index in [4.69, 9.17) is 16.3 Å². The zero-order valence-corrected chi connectivity index (χ0v) is 12.3. The van der Waals surface area contributed by atoms with Crippen molar-refractivity contribution in [1.29, 1.82) is 0 Å². The lowest BCUT2D eigenvalue weighted by molar-refractivity contribution is -0.384. The highest BCUT2D eigenvalue weighted by molar-refractivity contribution is 6.36. The summed E-state index contributed by atoms with van der Waals surface area (Å²) in [7, 11) is 0. The minimum absolute atomic E-state index is 0.0766. The minimum atomic E-state index is -0.578. The molecular weight excluding hydrogens is 298 g/mol. The molecule has 1 saturated heterocycles. The fourth-order valence-corrected chi connectivity index (χ4v) is 2.47. The highest BCUT2D eigenvalue weighted by atomic mass is 35.5. The number of hydrogen-bond donors (Lipinski definition) is 2. The number of carbonyl (C=O) groups excluding carboxylic acids is 1. The Morgan fingerprint density at radius 3 is 2.67 bits per heavy atom. The van der Waals surface area contributed by atoms with Gasteiger partial charge in [0, 0.05) is 32.2 Å². The highest BCUT2D eigenvalue weighted by Gasteiger charge is 2.22. The third kappa shape index (κ3) is 3.83. The number of benzene rings is 1. The second-order valence-corrected chi connectivity index (χ2v) is 5.17. The molecule has 21 heavy (non-hydrogen) atoms. The van der Waals surface area contributed by atoms with Gasteiger partial charge in [0.05, 0.1) is 16.3 Å². The Labute approximate surface area is 126 Å². The number of amides is 1. The molecule has 0 atom stereocenters. The molecule has 1 aliphatic rings. The first-order valence-electron chi connectivity index (χ1n) is 6.58. The van der Waals surface area contributed by atoms with Crippen LogP contribution in [0.3, 0.4) is 0 Å². The van der Waals surface area contributed by atoms with Crippen molar-refractivity contribution in [2.75, 3.05) is 23.8 Å². The Hall–Kier alpha value is -1.86. The van der Waals surface area contributed by atoms with Gasteiger partial charge in [-0.2, -0.15) is 0 Å². The molecule has 0 saturated carbocycles. The predicted molar refractivity (Wildman–Crippen MR) is 79.9 cm³/mol. The van der Waals surface area contributed by atoms with E-state index in [0.717, 1.165) is 12.8 Å². The molecule has 7 nitrogen and oxygen atoms in total.